The lowest BCUT2D eigenvalue weighted by Gasteiger charge is -2.33. The quantitative estimate of drug-likeness (QED) is 0.418. The molecular weight excluding hydrogens is 424 g/mol. The van der Waals surface area contributed by atoms with Crippen LogP contribution in [-0.2, 0) is 28.4 Å². The van der Waals surface area contributed by atoms with Crippen LogP contribution in [0.15, 0.2) is 0 Å². The Bertz CT molecular complexity index is 575. The molecule has 0 radical (unpaired) electrons. The predicted octanol–water partition coefficient (Wildman–Crippen LogP) is 2.72. The minimum Gasteiger partial charge on any atom is -0.396 e. The van der Waals surface area contributed by atoms with Crippen LogP contribution in [-0.4, -0.2) is 88.0 Å². The van der Waals surface area contributed by atoms with E-state index in [0.717, 1.165) is 58.3 Å². The molecule has 0 bridgehead atoms. The van der Waals surface area contributed by atoms with E-state index in [1.54, 1.807) is 0 Å². The van der Waals surface area contributed by atoms with Crippen LogP contribution >= 0.6 is 0 Å². The maximum absolute atomic E-state index is 10.4. The van der Waals surface area contributed by atoms with E-state index in [1.165, 1.54) is 19.3 Å². The van der Waals surface area contributed by atoms with Crippen LogP contribution in [0.1, 0.15) is 57.8 Å². The molecule has 6 rings (SSSR count). The van der Waals surface area contributed by atoms with Crippen LogP contribution in [0.4, 0.5) is 0 Å². The van der Waals surface area contributed by atoms with Gasteiger partial charge in [-0.3, -0.25) is 0 Å². The van der Waals surface area contributed by atoms with E-state index in [2.05, 4.69) is 0 Å². The first kappa shape index (κ1) is 23.1. The van der Waals surface area contributed by atoms with Crippen LogP contribution in [0.3, 0.4) is 0 Å². The molecule has 3 saturated carbocycles. The fourth-order valence-corrected chi connectivity index (χ4v) is 6.50. The third-order valence-corrected chi connectivity index (χ3v) is 8.96. The zero-order valence-electron chi connectivity index (χ0n) is 19.9. The smallest absolute Gasteiger partial charge is 0.0845 e. The lowest BCUT2D eigenvalue weighted by atomic mass is 9.88. The molecule has 6 fully saturated rings. The summed E-state index contributed by atoms with van der Waals surface area (Å²) in [5.74, 6) is 1.69. The normalized spacial score (nSPS) is 44.8. The van der Waals surface area contributed by atoms with Gasteiger partial charge in [0, 0.05) is 19.8 Å². The molecule has 3 heterocycles. The minimum absolute atomic E-state index is 0.0163. The molecule has 1 N–H and O–H groups in total. The van der Waals surface area contributed by atoms with Crippen LogP contribution in [0.5, 0.6) is 0 Å². The first-order valence-electron chi connectivity index (χ1n) is 13.5. The van der Waals surface area contributed by atoms with Crippen molar-refractivity contribution in [3.05, 3.63) is 0 Å². The van der Waals surface area contributed by atoms with Crippen molar-refractivity contribution in [3.8, 4) is 0 Å². The summed E-state index contributed by atoms with van der Waals surface area (Å²) in [4.78, 5) is 0. The monoisotopic (exact) mass is 466 g/mol. The molecular formula is C26H42O7. The molecule has 0 aromatic heterocycles. The van der Waals surface area contributed by atoms with Gasteiger partial charge < -0.3 is 33.5 Å². The lowest BCUT2D eigenvalue weighted by Crippen LogP contribution is -2.42. The van der Waals surface area contributed by atoms with Crippen molar-refractivity contribution in [2.24, 2.45) is 23.2 Å². The van der Waals surface area contributed by atoms with Gasteiger partial charge in [0.15, 0.2) is 0 Å². The van der Waals surface area contributed by atoms with Gasteiger partial charge in [-0.05, 0) is 75.5 Å². The number of aliphatic hydroxyl groups excluding tert-OH is 1. The molecule has 3 aliphatic carbocycles. The molecule has 188 valence electrons. The third kappa shape index (κ3) is 5.93. The molecule has 7 nitrogen and oxygen atoms in total. The highest BCUT2D eigenvalue weighted by atomic mass is 16.6. The van der Waals surface area contributed by atoms with Gasteiger partial charge in [-0.1, -0.05) is 0 Å². The van der Waals surface area contributed by atoms with Gasteiger partial charge in [0.25, 0.3) is 0 Å². The van der Waals surface area contributed by atoms with Gasteiger partial charge in [0.1, 0.15) is 0 Å². The second-order valence-electron chi connectivity index (χ2n) is 11.9. The minimum atomic E-state index is -0.506. The van der Waals surface area contributed by atoms with E-state index in [1.807, 2.05) is 0 Å². The SMILES string of the molecule is OCC(COCC1CCC2OC2C1)(COCC1CCC2OC2C1)COCC1CCC2O[C@H]2C1. The number of epoxide rings is 3. The van der Waals surface area contributed by atoms with E-state index in [4.69, 9.17) is 28.4 Å². The Balaban J connectivity index is 0.975. The molecule has 3 aliphatic heterocycles. The van der Waals surface area contributed by atoms with Gasteiger partial charge >= 0.3 is 0 Å². The zero-order valence-corrected chi connectivity index (χ0v) is 19.9. The van der Waals surface area contributed by atoms with Crippen molar-refractivity contribution < 1.29 is 33.5 Å². The fraction of sp³-hybridized carbons (Fsp3) is 1.00. The number of hydrogen-bond donors (Lipinski definition) is 1. The number of ether oxygens (including phenoxy) is 6. The molecule has 0 aromatic rings. The predicted molar refractivity (Wildman–Crippen MR) is 120 cm³/mol. The summed E-state index contributed by atoms with van der Waals surface area (Å²) >= 11 is 0. The van der Waals surface area contributed by atoms with Crippen LogP contribution < -0.4 is 0 Å². The van der Waals surface area contributed by atoms with Crippen molar-refractivity contribution in [3.63, 3.8) is 0 Å². The van der Waals surface area contributed by atoms with E-state index in [0.29, 0.717) is 74.2 Å². The van der Waals surface area contributed by atoms with Crippen molar-refractivity contribution in [1.82, 2.24) is 0 Å². The molecule has 6 aliphatic rings. The molecule has 33 heavy (non-hydrogen) atoms. The summed E-state index contributed by atoms with van der Waals surface area (Å²) in [6.07, 6.45) is 13.3. The topological polar surface area (TPSA) is 85.5 Å². The summed E-state index contributed by atoms with van der Waals surface area (Å²) in [6.45, 7) is 3.66. The van der Waals surface area contributed by atoms with E-state index in [9.17, 15) is 5.11 Å². The van der Waals surface area contributed by atoms with Crippen molar-refractivity contribution in [1.29, 1.82) is 0 Å². The Labute approximate surface area is 197 Å². The van der Waals surface area contributed by atoms with Gasteiger partial charge in [-0.15, -0.1) is 0 Å². The largest absolute Gasteiger partial charge is 0.396 e. The van der Waals surface area contributed by atoms with Crippen LogP contribution in [0.2, 0.25) is 0 Å². The van der Waals surface area contributed by atoms with Gasteiger partial charge in [-0.2, -0.15) is 0 Å². The van der Waals surface area contributed by atoms with Crippen LogP contribution in [0.25, 0.3) is 0 Å². The van der Waals surface area contributed by atoms with Crippen molar-refractivity contribution in [2.45, 2.75) is 94.4 Å². The van der Waals surface area contributed by atoms with E-state index >= 15 is 0 Å². The highest BCUT2D eigenvalue weighted by Crippen LogP contribution is 2.41. The van der Waals surface area contributed by atoms with Crippen LogP contribution in [0, 0.1) is 23.2 Å². The molecule has 8 unspecified atom stereocenters. The zero-order chi connectivity index (χ0) is 22.3. The summed E-state index contributed by atoms with van der Waals surface area (Å²) in [7, 11) is 0. The molecule has 9 atom stereocenters. The molecule has 0 amide bonds. The highest BCUT2D eigenvalue weighted by molar-refractivity contribution is 4.94. The number of rotatable bonds is 13. The maximum atomic E-state index is 10.4. The maximum Gasteiger partial charge on any atom is 0.0845 e. The summed E-state index contributed by atoms with van der Waals surface area (Å²) in [5.41, 5.74) is -0.506. The third-order valence-electron chi connectivity index (χ3n) is 8.96. The van der Waals surface area contributed by atoms with Crippen molar-refractivity contribution >= 4 is 0 Å². The molecule has 0 spiro atoms. The summed E-state index contributed by atoms with van der Waals surface area (Å²) in [6, 6.07) is 0. The lowest BCUT2D eigenvalue weighted by molar-refractivity contribution is -0.106. The van der Waals surface area contributed by atoms with E-state index in [-0.39, 0.29) is 6.61 Å². The summed E-state index contributed by atoms with van der Waals surface area (Å²) in [5, 5.41) is 10.4. The highest BCUT2D eigenvalue weighted by Gasteiger charge is 2.46. The van der Waals surface area contributed by atoms with E-state index < -0.39 is 5.41 Å². The first-order chi connectivity index (χ1) is 16.2. The first-order valence-corrected chi connectivity index (χ1v) is 13.5. The standard InChI is InChI=1S/C26H42O7/c27-13-26(14-28-10-17-1-4-20-23(7-17)31-20,15-29-11-18-2-5-21-24(8-18)32-21)16-30-12-19-3-6-22-25(9-19)33-22/h17-25,27H,1-16H2/t17?,18?,19?,20?,21?,22?,23-,24?,25?,26?/m0/s1. The molecule has 7 heteroatoms. The number of hydrogen-bond acceptors (Lipinski definition) is 7. The Morgan fingerprint density at radius 2 is 0.909 bits per heavy atom. The fourth-order valence-electron chi connectivity index (χ4n) is 6.50. The molecule has 0 aromatic carbocycles. The Morgan fingerprint density at radius 1 is 0.545 bits per heavy atom. The Hall–Kier alpha value is -0.280. The Morgan fingerprint density at radius 3 is 1.21 bits per heavy atom. The molecule has 3 saturated heterocycles. The average molecular weight is 467 g/mol. The number of fused-ring (bicyclic) bond motifs is 3. The van der Waals surface area contributed by atoms with Gasteiger partial charge in [-0.25, -0.2) is 0 Å². The van der Waals surface area contributed by atoms with Gasteiger partial charge in [0.2, 0.25) is 0 Å². The van der Waals surface area contributed by atoms with Gasteiger partial charge in [0.05, 0.1) is 68.5 Å². The average Bonchev–Trinajstić information content (AvgIpc) is 3.71. The second kappa shape index (κ2) is 10.00. The second-order valence-corrected chi connectivity index (χ2v) is 11.9. The number of aliphatic hydroxyl groups is 1. The van der Waals surface area contributed by atoms with Crippen molar-refractivity contribution in [2.75, 3.05) is 46.2 Å². The summed E-state index contributed by atoms with van der Waals surface area (Å²) < 4.78 is 35.6. The Kier molecular flexibility index (Phi) is 7.01.